The van der Waals surface area contributed by atoms with Gasteiger partial charge in [0.1, 0.15) is 5.69 Å². The Balaban J connectivity index is 1.33. The number of aryl methyl sites for hydroxylation is 1. The first-order valence-corrected chi connectivity index (χ1v) is 13.8. The fraction of sp³-hybridized carbons (Fsp3) is 0.360. The summed E-state index contributed by atoms with van der Waals surface area (Å²) in [7, 11) is -1.80. The van der Waals surface area contributed by atoms with Crippen molar-refractivity contribution < 1.29 is 17.6 Å². The van der Waals surface area contributed by atoms with Crippen LogP contribution in [0.25, 0.3) is 11.4 Å². The second-order valence-corrected chi connectivity index (χ2v) is 12.4. The number of anilines is 3. The molecule has 1 amide bonds. The molecule has 0 bridgehead atoms. The number of amides is 1. The van der Waals surface area contributed by atoms with E-state index in [0.717, 1.165) is 25.0 Å². The second-order valence-electron chi connectivity index (χ2n) is 10.2. The van der Waals surface area contributed by atoms with Crippen LogP contribution in [0.2, 0.25) is 5.02 Å². The number of hydrogen-bond acceptors (Lipinski definition) is 5. The lowest BCUT2D eigenvalue weighted by atomic mass is 10.1. The first-order valence-electron chi connectivity index (χ1n) is 11.5. The van der Waals surface area contributed by atoms with Gasteiger partial charge in [-0.1, -0.05) is 25.4 Å². The predicted octanol–water partition coefficient (Wildman–Crippen LogP) is 4.60. The van der Waals surface area contributed by atoms with Crippen LogP contribution in [0, 0.1) is 23.1 Å². The van der Waals surface area contributed by atoms with Gasteiger partial charge in [0.05, 0.1) is 35.1 Å². The Kier molecular flexibility index (Phi) is 5.79. The fourth-order valence-corrected chi connectivity index (χ4v) is 5.98. The highest BCUT2D eigenvalue weighted by molar-refractivity contribution is 7.92. The number of fused-ring (bicyclic) bond motifs is 1. The molecule has 2 aliphatic rings. The van der Waals surface area contributed by atoms with Crippen molar-refractivity contribution >= 4 is 44.6 Å². The minimum atomic E-state index is -3.51. The van der Waals surface area contributed by atoms with Gasteiger partial charge in [-0.3, -0.25) is 9.52 Å². The van der Waals surface area contributed by atoms with E-state index in [1.807, 2.05) is 0 Å². The van der Waals surface area contributed by atoms with Gasteiger partial charge in [0.2, 0.25) is 10.0 Å². The molecule has 2 N–H and O–H groups in total. The average Bonchev–Trinajstić information content (AvgIpc) is 3.14. The summed E-state index contributed by atoms with van der Waals surface area (Å²) in [6.45, 7) is 6.39. The van der Waals surface area contributed by atoms with Crippen LogP contribution in [0.15, 0.2) is 42.7 Å². The Labute approximate surface area is 214 Å². The van der Waals surface area contributed by atoms with Crippen molar-refractivity contribution in [2.75, 3.05) is 34.3 Å². The number of pyridine rings is 1. The summed E-state index contributed by atoms with van der Waals surface area (Å²) >= 11 is 6.08. The molecule has 1 aromatic carbocycles. The first kappa shape index (κ1) is 24.6. The molecule has 1 aliphatic heterocycles. The normalized spacial score (nSPS) is 20.2. The highest BCUT2D eigenvalue weighted by atomic mass is 35.5. The monoisotopic (exact) mass is 531 g/mol. The average molecular weight is 532 g/mol. The molecule has 11 heteroatoms. The third-order valence-corrected chi connectivity index (χ3v) is 8.11. The van der Waals surface area contributed by atoms with Crippen LogP contribution in [0.1, 0.15) is 24.2 Å². The van der Waals surface area contributed by atoms with Crippen LogP contribution in [-0.2, 0) is 17.1 Å². The molecule has 1 saturated carbocycles. The van der Waals surface area contributed by atoms with Crippen LogP contribution in [-0.4, -0.2) is 43.2 Å². The second kappa shape index (κ2) is 8.48. The van der Waals surface area contributed by atoms with Gasteiger partial charge in [-0.15, -0.1) is 0 Å². The number of nitrogens with zero attached hydrogens (tertiary/aromatic N) is 3. The SMILES string of the molecule is Cn1cc(C(=O)Nc2cc(Cl)cc(NS(C)(=O)=O)c2)cc1-c1ncc(N2CC3C(C2)C3(C)C)cc1F. The summed E-state index contributed by atoms with van der Waals surface area (Å²) in [6.07, 6.45) is 4.28. The maximum absolute atomic E-state index is 15.1. The van der Waals surface area contributed by atoms with Crippen LogP contribution in [0.5, 0.6) is 0 Å². The van der Waals surface area contributed by atoms with E-state index in [1.165, 1.54) is 24.3 Å². The molecule has 2 unspecified atom stereocenters. The van der Waals surface area contributed by atoms with Gasteiger partial charge in [-0.05, 0) is 41.5 Å². The van der Waals surface area contributed by atoms with Crippen LogP contribution in [0.3, 0.4) is 0 Å². The van der Waals surface area contributed by atoms with Crippen LogP contribution < -0.4 is 14.9 Å². The first-order chi connectivity index (χ1) is 16.8. The standard InChI is InChI=1S/C25H27ClFN5O3S/c1-25(2)19-12-32(13-20(19)25)18-9-21(27)23(28-10-18)22-5-14(11-31(22)3)24(33)29-16-6-15(26)7-17(8-16)30-36(4,34)35/h5-11,19-20,30H,12-13H2,1-4H3,(H,29,33). The van der Waals surface area contributed by atoms with Gasteiger partial charge >= 0.3 is 0 Å². The van der Waals surface area contributed by atoms with Crippen LogP contribution in [0.4, 0.5) is 21.5 Å². The van der Waals surface area contributed by atoms with Crippen molar-refractivity contribution in [1.82, 2.24) is 9.55 Å². The number of nitrogens with one attached hydrogen (secondary N) is 2. The maximum Gasteiger partial charge on any atom is 0.257 e. The minimum absolute atomic E-state index is 0.160. The molecule has 190 valence electrons. The zero-order valence-corrected chi connectivity index (χ0v) is 21.9. The van der Waals surface area contributed by atoms with Crippen molar-refractivity contribution in [3.05, 3.63) is 59.1 Å². The summed E-state index contributed by atoms with van der Waals surface area (Å²) in [4.78, 5) is 19.5. The topological polar surface area (TPSA) is 96.3 Å². The van der Waals surface area contributed by atoms with Gasteiger partial charge in [0.15, 0.2) is 5.82 Å². The zero-order valence-electron chi connectivity index (χ0n) is 20.3. The number of benzene rings is 1. The lowest BCUT2D eigenvalue weighted by Crippen LogP contribution is -2.26. The number of aromatic nitrogens is 2. The van der Waals surface area contributed by atoms with Crippen LogP contribution >= 0.6 is 11.6 Å². The molecule has 3 aromatic rings. The van der Waals surface area contributed by atoms with E-state index in [1.54, 1.807) is 30.1 Å². The molecule has 2 fully saturated rings. The Bertz CT molecular complexity index is 1470. The summed E-state index contributed by atoms with van der Waals surface area (Å²) in [5.74, 6) is 0.381. The number of rotatable bonds is 6. The van der Waals surface area contributed by atoms with Gasteiger partial charge in [0, 0.05) is 43.1 Å². The smallest absolute Gasteiger partial charge is 0.257 e. The summed E-state index contributed by atoms with van der Waals surface area (Å²) in [5.41, 5.74) is 2.58. The molecule has 2 atom stereocenters. The molecule has 0 radical (unpaired) electrons. The minimum Gasteiger partial charge on any atom is -0.370 e. The van der Waals surface area contributed by atoms with E-state index >= 15 is 4.39 Å². The summed E-state index contributed by atoms with van der Waals surface area (Å²) in [6, 6.07) is 7.46. The highest BCUT2D eigenvalue weighted by Crippen LogP contribution is 2.62. The fourth-order valence-electron chi connectivity index (χ4n) is 5.19. The molecule has 1 saturated heterocycles. The van der Waals surface area contributed by atoms with E-state index < -0.39 is 21.7 Å². The molecular formula is C25H27ClFN5O3S. The maximum atomic E-state index is 15.1. The van der Waals surface area contributed by atoms with E-state index in [4.69, 9.17) is 11.6 Å². The molecule has 1 aliphatic carbocycles. The Hall–Kier alpha value is -3.11. The Morgan fingerprint density at radius 1 is 1.14 bits per heavy atom. The largest absolute Gasteiger partial charge is 0.370 e. The van der Waals surface area contributed by atoms with Gasteiger partial charge in [0.25, 0.3) is 5.91 Å². The van der Waals surface area contributed by atoms with Crippen molar-refractivity contribution in [2.45, 2.75) is 13.8 Å². The number of hydrogen-bond donors (Lipinski definition) is 2. The summed E-state index contributed by atoms with van der Waals surface area (Å²) < 4.78 is 42.2. The molecule has 36 heavy (non-hydrogen) atoms. The van der Waals surface area contributed by atoms with E-state index in [2.05, 4.69) is 33.8 Å². The molecule has 3 heterocycles. The Morgan fingerprint density at radius 3 is 2.44 bits per heavy atom. The quantitative estimate of drug-likeness (QED) is 0.485. The number of sulfonamides is 1. The van der Waals surface area contributed by atoms with E-state index in [-0.39, 0.29) is 22.0 Å². The van der Waals surface area contributed by atoms with Crippen molar-refractivity contribution in [3.8, 4) is 11.4 Å². The molecule has 8 nitrogen and oxygen atoms in total. The number of carbonyl (C=O) groups is 1. The number of piperidine rings is 1. The number of halogens is 2. The number of carbonyl (C=O) groups excluding carboxylic acids is 1. The lowest BCUT2D eigenvalue weighted by molar-refractivity contribution is 0.102. The van der Waals surface area contributed by atoms with Crippen molar-refractivity contribution in [2.24, 2.45) is 24.3 Å². The predicted molar refractivity (Wildman–Crippen MR) is 139 cm³/mol. The molecular weight excluding hydrogens is 505 g/mol. The molecule has 5 rings (SSSR count). The van der Waals surface area contributed by atoms with Gasteiger partial charge < -0.3 is 14.8 Å². The van der Waals surface area contributed by atoms with Crippen molar-refractivity contribution in [3.63, 3.8) is 0 Å². The van der Waals surface area contributed by atoms with Crippen molar-refractivity contribution in [1.29, 1.82) is 0 Å². The van der Waals surface area contributed by atoms with E-state index in [0.29, 0.717) is 28.6 Å². The molecule has 0 spiro atoms. The van der Waals surface area contributed by atoms with E-state index in [9.17, 15) is 13.2 Å². The zero-order chi connectivity index (χ0) is 26.0. The van der Waals surface area contributed by atoms with Gasteiger partial charge in [-0.25, -0.2) is 17.8 Å². The van der Waals surface area contributed by atoms with Gasteiger partial charge in [-0.2, -0.15) is 0 Å². The third kappa shape index (κ3) is 4.67. The summed E-state index contributed by atoms with van der Waals surface area (Å²) in [5, 5.41) is 2.95. The Morgan fingerprint density at radius 2 is 1.81 bits per heavy atom. The molecule has 2 aromatic heterocycles. The lowest BCUT2D eigenvalue weighted by Gasteiger charge is -2.24. The highest BCUT2D eigenvalue weighted by Gasteiger charge is 2.61. The third-order valence-electron chi connectivity index (χ3n) is 7.28.